The molecular formula is C71H139NO3. The number of rotatable bonds is 66. The van der Waals surface area contributed by atoms with Gasteiger partial charge < -0.3 is 15.5 Å². The molecule has 0 rings (SSSR count). The molecule has 1 amide bonds. The Morgan fingerprint density at radius 3 is 0.800 bits per heavy atom. The molecule has 0 aromatic rings. The summed E-state index contributed by atoms with van der Waals surface area (Å²) in [6, 6.07) is -0.536. The first-order valence-electron chi connectivity index (χ1n) is 35.0. The Morgan fingerprint density at radius 2 is 0.547 bits per heavy atom. The SMILES string of the molecule is CCCCCCCCCCCCCCCCC/C=C\C/C=C\CCCCCCCCCCCCCCCCCCCC(=O)NC(CO)C(O)CCCCCCCCCCCCCCCCCCCCCCCCCC. The van der Waals surface area contributed by atoms with Gasteiger partial charge >= 0.3 is 0 Å². The summed E-state index contributed by atoms with van der Waals surface area (Å²) in [5.74, 6) is -0.0231. The Hall–Kier alpha value is -1.13. The molecule has 2 atom stereocenters. The minimum atomic E-state index is -0.659. The number of aliphatic hydroxyl groups is 2. The number of hydrogen-bond acceptors (Lipinski definition) is 3. The van der Waals surface area contributed by atoms with Gasteiger partial charge in [0.1, 0.15) is 0 Å². The van der Waals surface area contributed by atoms with E-state index in [1.165, 1.54) is 347 Å². The van der Waals surface area contributed by atoms with Crippen LogP contribution in [0, 0.1) is 0 Å². The van der Waals surface area contributed by atoms with E-state index in [4.69, 9.17) is 0 Å². The number of allylic oxidation sites excluding steroid dienone is 4. The molecular weight excluding hydrogens is 915 g/mol. The molecule has 0 aliphatic rings. The van der Waals surface area contributed by atoms with Crippen molar-refractivity contribution >= 4 is 5.91 Å². The molecule has 2 unspecified atom stereocenters. The van der Waals surface area contributed by atoms with E-state index in [0.29, 0.717) is 12.8 Å². The van der Waals surface area contributed by atoms with Crippen LogP contribution in [0.4, 0.5) is 0 Å². The van der Waals surface area contributed by atoms with Gasteiger partial charge in [0.05, 0.1) is 18.8 Å². The fraction of sp³-hybridized carbons (Fsp3) is 0.930. The summed E-state index contributed by atoms with van der Waals surface area (Å²) >= 11 is 0. The smallest absolute Gasteiger partial charge is 0.220 e. The lowest BCUT2D eigenvalue weighted by Gasteiger charge is -2.22. The molecule has 3 N–H and O–H groups in total. The number of nitrogens with one attached hydrogen (secondary N) is 1. The molecule has 0 radical (unpaired) electrons. The molecule has 0 aliphatic heterocycles. The monoisotopic (exact) mass is 1050 g/mol. The number of unbranched alkanes of at least 4 members (excludes halogenated alkanes) is 55. The second-order valence-corrected chi connectivity index (χ2v) is 24.3. The normalized spacial score (nSPS) is 12.7. The van der Waals surface area contributed by atoms with Crippen molar-refractivity contribution in [3.63, 3.8) is 0 Å². The fourth-order valence-electron chi connectivity index (χ4n) is 11.4. The van der Waals surface area contributed by atoms with E-state index in [2.05, 4.69) is 43.5 Å². The van der Waals surface area contributed by atoms with Crippen LogP contribution in [0.15, 0.2) is 24.3 Å². The van der Waals surface area contributed by atoms with Gasteiger partial charge in [0, 0.05) is 6.42 Å². The molecule has 0 fully saturated rings. The summed E-state index contributed by atoms with van der Waals surface area (Å²) in [4.78, 5) is 12.6. The van der Waals surface area contributed by atoms with Crippen molar-refractivity contribution in [2.75, 3.05) is 6.61 Å². The van der Waals surface area contributed by atoms with Gasteiger partial charge in [-0.1, -0.05) is 378 Å². The highest BCUT2D eigenvalue weighted by Gasteiger charge is 2.20. The largest absolute Gasteiger partial charge is 0.394 e. The Labute approximate surface area is 472 Å². The first-order valence-corrected chi connectivity index (χ1v) is 35.0. The molecule has 0 saturated heterocycles. The molecule has 0 heterocycles. The predicted octanol–water partition coefficient (Wildman–Crippen LogP) is 23.8. The van der Waals surface area contributed by atoms with Crippen molar-refractivity contribution in [3.8, 4) is 0 Å². The van der Waals surface area contributed by atoms with Crippen molar-refractivity contribution in [2.45, 2.75) is 418 Å². The van der Waals surface area contributed by atoms with Crippen LogP contribution in [0.2, 0.25) is 0 Å². The number of amides is 1. The standard InChI is InChI=1S/C71H139NO3/c1-3-5-7-9-11-13-15-17-19-21-23-25-27-29-30-31-32-33-34-35-36-37-38-39-40-41-42-43-45-47-49-51-53-55-57-59-61-63-65-67-71(75)72-69(68-73)70(74)66-64-62-60-58-56-54-52-50-48-46-44-28-26-24-22-20-18-16-14-12-10-8-6-4-2/h32-33,35-36,69-70,73-74H,3-31,34,37-68H2,1-2H3,(H,72,75)/b33-32-,36-35-. The topological polar surface area (TPSA) is 69.6 Å². The minimum absolute atomic E-state index is 0.0231. The molecule has 0 spiro atoms. The summed E-state index contributed by atoms with van der Waals surface area (Å²) in [6.45, 7) is 4.41. The second kappa shape index (κ2) is 67.1. The predicted molar refractivity (Wildman–Crippen MR) is 336 cm³/mol. The van der Waals surface area contributed by atoms with Crippen molar-refractivity contribution in [1.82, 2.24) is 5.32 Å². The molecule has 0 bridgehead atoms. The van der Waals surface area contributed by atoms with Crippen molar-refractivity contribution in [3.05, 3.63) is 24.3 Å². The van der Waals surface area contributed by atoms with Crippen LogP contribution in [0.1, 0.15) is 406 Å². The molecule has 0 aliphatic carbocycles. The lowest BCUT2D eigenvalue weighted by molar-refractivity contribution is -0.123. The zero-order valence-corrected chi connectivity index (χ0v) is 51.6. The lowest BCUT2D eigenvalue weighted by Crippen LogP contribution is -2.45. The minimum Gasteiger partial charge on any atom is -0.394 e. The molecule has 4 heteroatoms. The second-order valence-electron chi connectivity index (χ2n) is 24.3. The molecule has 75 heavy (non-hydrogen) atoms. The highest BCUT2D eigenvalue weighted by atomic mass is 16.3. The molecule has 4 nitrogen and oxygen atoms in total. The molecule has 0 aromatic carbocycles. The maximum absolute atomic E-state index is 12.6. The third-order valence-electron chi connectivity index (χ3n) is 16.7. The van der Waals surface area contributed by atoms with Gasteiger partial charge in [-0.15, -0.1) is 0 Å². The van der Waals surface area contributed by atoms with Crippen LogP contribution in [0.5, 0.6) is 0 Å². The fourth-order valence-corrected chi connectivity index (χ4v) is 11.4. The van der Waals surface area contributed by atoms with Gasteiger partial charge in [-0.2, -0.15) is 0 Å². The van der Waals surface area contributed by atoms with E-state index in [-0.39, 0.29) is 12.5 Å². The number of hydrogen-bond donors (Lipinski definition) is 3. The summed E-state index contributed by atoms with van der Waals surface area (Å²) in [5, 5.41) is 23.4. The van der Waals surface area contributed by atoms with Crippen LogP contribution in [-0.2, 0) is 4.79 Å². The summed E-state index contributed by atoms with van der Waals surface area (Å²) in [6.07, 6.45) is 91.0. The average Bonchev–Trinajstić information content (AvgIpc) is 3.41. The third kappa shape index (κ3) is 63.6. The third-order valence-corrected chi connectivity index (χ3v) is 16.7. The number of aliphatic hydroxyl groups excluding tert-OH is 2. The van der Waals surface area contributed by atoms with E-state index in [1.54, 1.807) is 0 Å². The number of carbonyl (C=O) groups is 1. The van der Waals surface area contributed by atoms with Gasteiger partial charge in [-0.3, -0.25) is 4.79 Å². The maximum Gasteiger partial charge on any atom is 0.220 e. The van der Waals surface area contributed by atoms with E-state index in [0.717, 1.165) is 32.1 Å². The summed E-state index contributed by atoms with van der Waals surface area (Å²) < 4.78 is 0. The number of carbonyl (C=O) groups excluding carboxylic acids is 1. The Bertz CT molecular complexity index is 1100. The molecule has 0 aromatic heterocycles. The maximum atomic E-state index is 12.6. The highest BCUT2D eigenvalue weighted by Crippen LogP contribution is 2.19. The first kappa shape index (κ1) is 73.9. The van der Waals surface area contributed by atoms with Crippen LogP contribution in [0.3, 0.4) is 0 Å². The zero-order valence-electron chi connectivity index (χ0n) is 51.6. The van der Waals surface area contributed by atoms with Crippen LogP contribution < -0.4 is 5.32 Å². The lowest BCUT2D eigenvalue weighted by atomic mass is 10.0. The van der Waals surface area contributed by atoms with Crippen molar-refractivity contribution < 1.29 is 15.0 Å². The highest BCUT2D eigenvalue weighted by molar-refractivity contribution is 5.76. The van der Waals surface area contributed by atoms with Crippen LogP contribution in [-0.4, -0.2) is 34.9 Å². The zero-order chi connectivity index (χ0) is 54.1. The Morgan fingerprint density at radius 1 is 0.320 bits per heavy atom. The van der Waals surface area contributed by atoms with E-state index < -0.39 is 12.1 Å². The Balaban J connectivity index is 3.38. The Kier molecular flexibility index (Phi) is 66.1. The van der Waals surface area contributed by atoms with Gasteiger partial charge in [0.2, 0.25) is 5.91 Å². The van der Waals surface area contributed by atoms with Crippen LogP contribution in [0.25, 0.3) is 0 Å². The van der Waals surface area contributed by atoms with Crippen LogP contribution >= 0.6 is 0 Å². The first-order chi connectivity index (χ1) is 37.2. The van der Waals surface area contributed by atoms with Crippen molar-refractivity contribution in [2.24, 2.45) is 0 Å². The van der Waals surface area contributed by atoms with E-state index in [1.807, 2.05) is 0 Å². The quantitative estimate of drug-likeness (QED) is 0.0420. The molecule has 446 valence electrons. The van der Waals surface area contributed by atoms with Gasteiger partial charge in [0.15, 0.2) is 0 Å². The average molecular weight is 1050 g/mol. The molecule has 0 saturated carbocycles. The van der Waals surface area contributed by atoms with Gasteiger partial charge in [0.25, 0.3) is 0 Å². The van der Waals surface area contributed by atoms with Gasteiger partial charge in [-0.25, -0.2) is 0 Å². The van der Waals surface area contributed by atoms with Crippen molar-refractivity contribution in [1.29, 1.82) is 0 Å². The summed E-state index contributed by atoms with van der Waals surface area (Å²) in [5.41, 5.74) is 0. The van der Waals surface area contributed by atoms with Gasteiger partial charge in [-0.05, 0) is 44.9 Å². The van der Waals surface area contributed by atoms with E-state index in [9.17, 15) is 15.0 Å². The van der Waals surface area contributed by atoms with E-state index >= 15 is 0 Å². The summed E-state index contributed by atoms with van der Waals surface area (Å²) in [7, 11) is 0.